The third kappa shape index (κ3) is 4.05. The standard InChI is InChI=1S/C16H24N2O2/c1-12-4-2-3-5-13(12)10-14-6-8-18(11-15(14)19)9-7-16(17)20/h2-5,14-15,19H,6-11H2,1H3,(H2,17,20)/t14-,15-/m1/s1. The van der Waals surface area contributed by atoms with Gasteiger partial charge in [-0.3, -0.25) is 4.79 Å². The summed E-state index contributed by atoms with van der Waals surface area (Å²) in [6, 6.07) is 8.35. The predicted molar refractivity (Wildman–Crippen MR) is 79.2 cm³/mol. The molecule has 1 aromatic rings. The number of piperidine rings is 1. The van der Waals surface area contributed by atoms with Crippen LogP contribution in [0.4, 0.5) is 0 Å². The van der Waals surface area contributed by atoms with Crippen LogP contribution in [0, 0.1) is 12.8 Å². The van der Waals surface area contributed by atoms with Crippen LogP contribution in [0.25, 0.3) is 0 Å². The Morgan fingerprint density at radius 2 is 2.20 bits per heavy atom. The van der Waals surface area contributed by atoms with Crippen molar-refractivity contribution in [2.75, 3.05) is 19.6 Å². The number of nitrogens with two attached hydrogens (primary N) is 1. The zero-order valence-electron chi connectivity index (χ0n) is 12.1. The van der Waals surface area contributed by atoms with Crippen molar-refractivity contribution in [3.8, 4) is 0 Å². The van der Waals surface area contributed by atoms with E-state index >= 15 is 0 Å². The largest absolute Gasteiger partial charge is 0.391 e. The number of aliphatic hydroxyl groups is 1. The SMILES string of the molecule is Cc1ccccc1C[C@H]1CCN(CCC(N)=O)C[C@H]1O. The number of β-amino-alcohol motifs (C(OH)–C–C–N with tert-alkyl or cyclic N) is 1. The molecule has 4 nitrogen and oxygen atoms in total. The molecule has 1 fully saturated rings. The second kappa shape index (κ2) is 6.86. The summed E-state index contributed by atoms with van der Waals surface area (Å²) in [6.07, 6.45) is 1.94. The lowest BCUT2D eigenvalue weighted by molar-refractivity contribution is -0.118. The molecule has 0 spiro atoms. The predicted octanol–water partition coefficient (Wildman–Crippen LogP) is 1.10. The van der Waals surface area contributed by atoms with Crippen LogP contribution in [-0.2, 0) is 11.2 Å². The minimum absolute atomic E-state index is 0.276. The number of nitrogens with zero attached hydrogens (tertiary/aromatic N) is 1. The first-order valence-electron chi connectivity index (χ1n) is 7.29. The molecule has 3 N–H and O–H groups in total. The molecule has 1 saturated heterocycles. The molecule has 0 radical (unpaired) electrons. The van der Waals surface area contributed by atoms with Gasteiger partial charge in [0, 0.05) is 19.5 Å². The van der Waals surface area contributed by atoms with Crippen LogP contribution < -0.4 is 5.73 Å². The van der Waals surface area contributed by atoms with Crippen LogP contribution in [-0.4, -0.2) is 41.7 Å². The summed E-state index contributed by atoms with van der Waals surface area (Å²) in [5, 5.41) is 10.3. The summed E-state index contributed by atoms with van der Waals surface area (Å²) in [6.45, 7) is 4.35. The van der Waals surface area contributed by atoms with Crippen LogP contribution >= 0.6 is 0 Å². The van der Waals surface area contributed by atoms with Gasteiger partial charge in [0.1, 0.15) is 0 Å². The number of hydrogen-bond donors (Lipinski definition) is 2. The monoisotopic (exact) mass is 276 g/mol. The van der Waals surface area contributed by atoms with Gasteiger partial charge >= 0.3 is 0 Å². The number of carbonyl (C=O) groups is 1. The van der Waals surface area contributed by atoms with E-state index < -0.39 is 0 Å². The van der Waals surface area contributed by atoms with Gasteiger partial charge in [-0.2, -0.15) is 0 Å². The summed E-state index contributed by atoms with van der Waals surface area (Å²) in [7, 11) is 0. The molecule has 0 bridgehead atoms. The zero-order chi connectivity index (χ0) is 14.5. The second-order valence-corrected chi connectivity index (χ2v) is 5.76. The smallest absolute Gasteiger partial charge is 0.218 e. The molecular formula is C16H24N2O2. The van der Waals surface area contributed by atoms with E-state index in [9.17, 15) is 9.90 Å². The molecule has 0 aliphatic carbocycles. The van der Waals surface area contributed by atoms with Crippen molar-refractivity contribution in [1.82, 2.24) is 4.90 Å². The first-order chi connectivity index (χ1) is 9.56. The van der Waals surface area contributed by atoms with Gasteiger partial charge in [-0.15, -0.1) is 0 Å². The van der Waals surface area contributed by atoms with E-state index in [0.717, 1.165) is 19.4 Å². The number of primary amides is 1. The molecule has 1 amide bonds. The molecule has 1 aliphatic rings. The molecule has 2 rings (SSSR count). The number of carbonyl (C=O) groups excluding carboxylic acids is 1. The van der Waals surface area contributed by atoms with Gasteiger partial charge in [0.2, 0.25) is 5.91 Å². The molecule has 0 aromatic heterocycles. The Hall–Kier alpha value is -1.39. The van der Waals surface area contributed by atoms with Gasteiger partial charge in [-0.25, -0.2) is 0 Å². The van der Waals surface area contributed by atoms with Gasteiger partial charge in [-0.1, -0.05) is 24.3 Å². The molecular weight excluding hydrogens is 252 g/mol. The number of aliphatic hydroxyl groups excluding tert-OH is 1. The lowest BCUT2D eigenvalue weighted by Gasteiger charge is -2.36. The molecule has 0 saturated carbocycles. The van der Waals surface area contributed by atoms with Crippen molar-refractivity contribution < 1.29 is 9.90 Å². The van der Waals surface area contributed by atoms with E-state index in [-0.39, 0.29) is 12.0 Å². The van der Waals surface area contributed by atoms with Crippen LogP contribution in [0.1, 0.15) is 24.0 Å². The van der Waals surface area contributed by atoms with Crippen LogP contribution in [0.5, 0.6) is 0 Å². The van der Waals surface area contributed by atoms with Gasteiger partial charge in [0.05, 0.1) is 6.10 Å². The Kier molecular flexibility index (Phi) is 5.15. The summed E-state index contributed by atoms with van der Waals surface area (Å²) in [5.41, 5.74) is 7.77. The summed E-state index contributed by atoms with van der Waals surface area (Å²) in [4.78, 5) is 12.9. The zero-order valence-corrected chi connectivity index (χ0v) is 12.1. The minimum atomic E-state index is -0.323. The molecule has 20 heavy (non-hydrogen) atoms. The maximum atomic E-state index is 10.8. The summed E-state index contributed by atoms with van der Waals surface area (Å²) < 4.78 is 0. The number of likely N-dealkylation sites (tertiary alicyclic amines) is 1. The quantitative estimate of drug-likeness (QED) is 0.846. The maximum Gasteiger partial charge on any atom is 0.218 e. The third-order valence-corrected chi connectivity index (χ3v) is 4.22. The third-order valence-electron chi connectivity index (χ3n) is 4.22. The van der Waals surface area contributed by atoms with E-state index in [1.807, 2.05) is 6.07 Å². The van der Waals surface area contributed by atoms with Crippen molar-refractivity contribution in [3.05, 3.63) is 35.4 Å². The van der Waals surface area contributed by atoms with E-state index in [2.05, 4.69) is 30.0 Å². The molecule has 1 aliphatic heterocycles. The van der Waals surface area contributed by atoms with Crippen molar-refractivity contribution in [3.63, 3.8) is 0 Å². The Labute approximate surface area is 120 Å². The minimum Gasteiger partial charge on any atom is -0.391 e. The Bertz CT molecular complexity index is 462. The Balaban J connectivity index is 1.87. The first kappa shape index (κ1) is 15.0. The Morgan fingerprint density at radius 1 is 1.45 bits per heavy atom. The van der Waals surface area contributed by atoms with E-state index in [4.69, 9.17) is 5.73 Å². The molecule has 1 aromatic carbocycles. The van der Waals surface area contributed by atoms with Gasteiger partial charge < -0.3 is 15.7 Å². The van der Waals surface area contributed by atoms with Crippen molar-refractivity contribution >= 4 is 5.91 Å². The highest BCUT2D eigenvalue weighted by molar-refractivity contribution is 5.73. The fourth-order valence-corrected chi connectivity index (χ4v) is 2.88. The first-order valence-corrected chi connectivity index (χ1v) is 7.29. The average molecular weight is 276 g/mol. The lowest BCUT2D eigenvalue weighted by atomic mass is 9.86. The van der Waals surface area contributed by atoms with Gasteiger partial charge in [0.25, 0.3) is 0 Å². The molecule has 0 unspecified atom stereocenters. The van der Waals surface area contributed by atoms with Crippen LogP contribution in [0.2, 0.25) is 0 Å². The van der Waals surface area contributed by atoms with E-state index in [0.29, 0.717) is 25.4 Å². The maximum absolute atomic E-state index is 10.8. The second-order valence-electron chi connectivity index (χ2n) is 5.76. The normalized spacial score (nSPS) is 23.7. The highest BCUT2D eigenvalue weighted by Crippen LogP contribution is 2.23. The molecule has 2 atom stereocenters. The number of benzene rings is 1. The van der Waals surface area contributed by atoms with Gasteiger partial charge in [0.15, 0.2) is 0 Å². The summed E-state index contributed by atoms with van der Waals surface area (Å²) in [5.74, 6) is 0.0300. The number of amides is 1. The number of rotatable bonds is 5. The van der Waals surface area contributed by atoms with Crippen LogP contribution in [0.15, 0.2) is 24.3 Å². The number of hydrogen-bond acceptors (Lipinski definition) is 3. The lowest BCUT2D eigenvalue weighted by Crippen LogP contribution is -2.45. The highest BCUT2D eigenvalue weighted by Gasteiger charge is 2.27. The molecule has 4 heteroatoms. The highest BCUT2D eigenvalue weighted by atomic mass is 16.3. The van der Waals surface area contributed by atoms with Crippen molar-refractivity contribution in [1.29, 1.82) is 0 Å². The van der Waals surface area contributed by atoms with E-state index in [1.165, 1.54) is 11.1 Å². The fourth-order valence-electron chi connectivity index (χ4n) is 2.88. The Morgan fingerprint density at radius 3 is 2.85 bits per heavy atom. The fraction of sp³-hybridized carbons (Fsp3) is 0.562. The number of aryl methyl sites for hydroxylation is 1. The molecule has 110 valence electrons. The van der Waals surface area contributed by atoms with Crippen LogP contribution in [0.3, 0.4) is 0 Å². The van der Waals surface area contributed by atoms with Crippen molar-refractivity contribution in [2.24, 2.45) is 11.7 Å². The average Bonchev–Trinajstić information content (AvgIpc) is 2.41. The van der Waals surface area contributed by atoms with Gasteiger partial charge in [-0.05, 0) is 43.4 Å². The van der Waals surface area contributed by atoms with E-state index in [1.54, 1.807) is 0 Å². The van der Waals surface area contributed by atoms with Crippen molar-refractivity contribution in [2.45, 2.75) is 32.3 Å². The molecule has 1 heterocycles. The summed E-state index contributed by atoms with van der Waals surface area (Å²) >= 11 is 0. The topological polar surface area (TPSA) is 66.6 Å².